The summed E-state index contributed by atoms with van der Waals surface area (Å²) < 4.78 is 12.6. The molecule has 1 N–H and O–H groups in total. The van der Waals surface area contributed by atoms with Crippen LogP contribution in [-0.2, 0) is 22.6 Å². The summed E-state index contributed by atoms with van der Waals surface area (Å²) in [5, 5.41) is 13.7. The minimum atomic E-state index is -0.0502. The van der Waals surface area contributed by atoms with Crippen LogP contribution in [0.3, 0.4) is 0 Å². The molecule has 1 unspecified atom stereocenters. The third-order valence-electron chi connectivity index (χ3n) is 7.14. The Morgan fingerprint density at radius 3 is 2.68 bits per heavy atom. The first-order chi connectivity index (χ1) is 17.9. The molecule has 1 aliphatic heterocycles. The number of aromatic nitrogens is 5. The van der Waals surface area contributed by atoms with Crippen molar-refractivity contribution >= 4 is 10.9 Å². The van der Waals surface area contributed by atoms with Crippen LogP contribution in [0, 0.1) is 19.8 Å². The molecular formula is C27H41N7O3. The molecule has 1 atom stereocenters. The Morgan fingerprint density at radius 1 is 1.16 bits per heavy atom. The molecule has 202 valence electrons. The van der Waals surface area contributed by atoms with E-state index in [0.29, 0.717) is 19.7 Å². The summed E-state index contributed by atoms with van der Waals surface area (Å²) in [6.07, 6.45) is 0.979. The Kier molecular flexibility index (Phi) is 9.42. The number of ether oxygens (including phenoxy) is 2. The molecule has 1 fully saturated rings. The largest absolute Gasteiger partial charge is 0.383 e. The summed E-state index contributed by atoms with van der Waals surface area (Å²) in [5.74, 6) is 1.04. The van der Waals surface area contributed by atoms with Crippen molar-refractivity contribution in [1.29, 1.82) is 0 Å². The molecule has 10 nitrogen and oxygen atoms in total. The zero-order valence-corrected chi connectivity index (χ0v) is 22.9. The first-order valence-corrected chi connectivity index (χ1v) is 13.3. The fourth-order valence-corrected chi connectivity index (χ4v) is 5.33. The number of hydrogen-bond donors (Lipinski definition) is 1. The molecule has 37 heavy (non-hydrogen) atoms. The highest BCUT2D eigenvalue weighted by atomic mass is 16.5. The van der Waals surface area contributed by atoms with Crippen LogP contribution < -0.4 is 5.56 Å². The maximum absolute atomic E-state index is 13.2. The van der Waals surface area contributed by atoms with Gasteiger partial charge in [-0.2, -0.15) is 0 Å². The first-order valence-electron chi connectivity index (χ1n) is 13.3. The molecule has 4 rings (SSSR count). The van der Waals surface area contributed by atoms with E-state index in [0.717, 1.165) is 79.2 Å². The number of methoxy groups -OCH3 is 1. The van der Waals surface area contributed by atoms with Crippen LogP contribution in [0.2, 0.25) is 0 Å². The lowest BCUT2D eigenvalue weighted by Gasteiger charge is -2.34. The predicted octanol–water partition coefficient (Wildman–Crippen LogP) is 2.70. The number of nitrogens with zero attached hydrogens (tertiary/aromatic N) is 6. The number of rotatable bonds is 12. The van der Waals surface area contributed by atoms with Gasteiger partial charge in [0.05, 0.1) is 32.4 Å². The topological polar surface area (TPSA) is 101 Å². The maximum Gasteiger partial charge on any atom is 0.252 e. The van der Waals surface area contributed by atoms with Gasteiger partial charge in [0, 0.05) is 49.8 Å². The lowest BCUT2D eigenvalue weighted by molar-refractivity contribution is 0.0341. The molecule has 0 amide bonds. The minimum Gasteiger partial charge on any atom is -0.383 e. The average Bonchev–Trinajstić information content (AvgIpc) is 3.31. The second-order valence-corrected chi connectivity index (χ2v) is 10.4. The van der Waals surface area contributed by atoms with E-state index in [1.54, 1.807) is 7.11 Å². The van der Waals surface area contributed by atoms with Gasteiger partial charge in [0.25, 0.3) is 5.56 Å². The van der Waals surface area contributed by atoms with E-state index in [2.05, 4.69) is 70.1 Å². The van der Waals surface area contributed by atoms with E-state index >= 15 is 0 Å². The van der Waals surface area contributed by atoms with Gasteiger partial charge < -0.3 is 14.5 Å². The lowest BCUT2D eigenvalue weighted by atomic mass is 9.99. The Hall–Kier alpha value is -2.66. The van der Waals surface area contributed by atoms with Gasteiger partial charge in [-0.15, -0.1) is 5.10 Å². The molecule has 3 heterocycles. The van der Waals surface area contributed by atoms with Crippen molar-refractivity contribution in [2.45, 2.75) is 53.2 Å². The third-order valence-corrected chi connectivity index (χ3v) is 7.14. The highest BCUT2D eigenvalue weighted by Crippen LogP contribution is 2.29. The summed E-state index contributed by atoms with van der Waals surface area (Å²) in [7, 11) is 1.68. The van der Waals surface area contributed by atoms with Crippen LogP contribution in [0.15, 0.2) is 23.0 Å². The van der Waals surface area contributed by atoms with Crippen molar-refractivity contribution in [3.05, 3.63) is 51.1 Å². The van der Waals surface area contributed by atoms with Gasteiger partial charge in [0.15, 0.2) is 5.82 Å². The Labute approximate surface area is 218 Å². The quantitative estimate of drug-likeness (QED) is 0.396. The SMILES string of the molecule is COCCn1nnnc1C(C(C)C)N(CCCN1CCOCC1)Cc1cc2c(C)cc(C)cc2[nH]c1=O. The van der Waals surface area contributed by atoms with Crippen molar-refractivity contribution in [3.8, 4) is 0 Å². The number of aromatic amines is 1. The van der Waals surface area contributed by atoms with Crippen molar-refractivity contribution < 1.29 is 9.47 Å². The van der Waals surface area contributed by atoms with E-state index in [1.807, 2.05) is 10.7 Å². The summed E-state index contributed by atoms with van der Waals surface area (Å²) in [6, 6.07) is 6.20. The summed E-state index contributed by atoms with van der Waals surface area (Å²) in [4.78, 5) is 21.2. The van der Waals surface area contributed by atoms with Crippen molar-refractivity contribution in [2.24, 2.45) is 5.92 Å². The van der Waals surface area contributed by atoms with Crippen LogP contribution in [0.25, 0.3) is 10.9 Å². The van der Waals surface area contributed by atoms with Gasteiger partial charge in [-0.1, -0.05) is 19.9 Å². The van der Waals surface area contributed by atoms with Gasteiger partial charge in [-0.3, -0.25) is 14.6 Å². The summed E-state index contributed by atoms with van der Waals surface area (Å²) >= 11 is 0. The van der Waals surface area contributed by atoms with Crippen LogP contribution >= 0.6 is 0 Å². The number of benzene rings is 1. The standard InChI is InChI=1S/C27H41N7O3/c1-19(2)25(26-29-30-31-34(26)11-12-36-5)33(8-6-7-32-9-13-37-14-10-32)18-22-17-23-21(4)15-20(3)16-24(23)28-27(22)35/h15-17,19,25H,6-14,18H2,1-5H3,(H,28,35). The van der Waals surface area contributed by atoms with Crippen LogP contribution in [0.1, 0.15) is 48.8 Å². The van der Waals surface area contributed by atoms with E-state index in [-0.39, 0.29) is 17.5 Å². The third kappa shape index (κ3) is 6.81. The molecule has 1 aromatic carbocycles. The number of morpholine rings is 1. The van der Waals surface area contributed by atoms with Crippen LogP contribution in [-0.4, -0.2) is 88.1 Å². The van der Waals surface area contributed by atoms with Gasteiger partial charge in [0.1, 0.15) is 0 Å². The molecule has 10 heteroatoms. The molecular weight excluding hydrogens is 470 g/mol. The average molecular weight is 512 g/mol. The molecule has 1 saturated heterocycles. The fraction of sp³-hybridized carbons (Fsp3) is 0.630. The number of hydrogen-bond acceptors (Lipinski definition) is 8. The minimum absolute atomic E-state index is 0.0443. The van der Waals surface area contributed by atoms with Crippen LogP contribution in [0.4, 0.5) is 0 Å². The number of H-pyrrole nitrogens is 1. The van der Waals surface area contributed by atoms with Crippen molar-refractivity contribution in [1.82, 2.24) is 35.0 Å². The Morgan fingerprint density at radius 2 is 1.95 bits per heavy atom. The number of nitrogens with one attached hydrogen (secondary N) is 1. The Balaban J connectivity index is 1.65. The van der Waals surface area contributed by atoms with Gasteiger partial charge in [-0.25, -0.2) is 4.68 Å². The number of aryl methyl sites for hydroxylation is 2. The van der Waals surface area contributed by atoms with Gasteiger partial charge in [0.2, 0.25) is 0 Å². The highest BCUT2D eigenvalue weighted by Gasteiger charge is 2.30. The Bertz CT molecular complexity index is 1220. The molecule has 0 spiro atoms. The number of tetrazole rings is 1. The van der Waals surface area contributed by atoms with Crippen LogP contribution in [0.5, 0.6) is 0 Å². The van der Waals surface area contributed by atoms with Crippen molar-refractivity contribution in [2.75, 3.05) is 53.1 Å². The number of fused-ring (bicyclic) bond motifs is 1. The molecule has 0 bridgehead atoms. The lowest BCUT2D eigenvalue weighted by Crippen LogP contribution is -2.40. The van der Waals surface area contributed by atoms with E-state index in [1.165, 1.54) is 0 Å². The second-order valence-electron chi connectivity index (χ2n) is 10.4. The van der Waals surface area contributed by atoms with E-state index < -0.39 is 0 Å². The maximum atomic E-state index is 13.2. The molecule has 1 aliphatic rings. The van der Waals surface area contributed by atoms with Gasteiger partial charge >= 0.3 is 0 Å². The predicted molar refractivity (Wildman–Crippen MR) is 144 cm³/mol. The van der Waals surface area contributed by atoms with E-state index in [9.17, 15) is 4.79 Å². The zero-order chi connectivity index (χ0) is 26.4. The first kappa shape index (κ1) is 27.4. The summed E-state index contributed by atoms with van der Waals surface area (Å²) in [6.45, 7) is 15.5. The van der Waals surface area contributed by atoms with Crippen molar-refractivity contribution in [3.63, 3.8) is 0 Å². The van der Waals surface area contributed by atoms with Gasteiger partial charge in [-0.05, 0) is 66.4 Å². The zero-order valence-electron chi connectivity index (χ0n) is 22.9. The normalized spacial score (nSPS) is 15.8. The molecule has 0 saturated carbocycles. The number of pyridine rings is 1. The molecule has 3 aromatic rings. The second kappa shape index (κ2) is 12.7. The summed E-state index contributed by atoms with van der Waals surface area (Å²) in [5.41, 5.74) is 3.90. The molecule has 2 aromatic heterocycles. The highest BCUT2D eigenvalue weighted by molar-refractivity contribution is 5.83. The fourth-order valence-electron chi connectivity index (χ4n) is 5.33. The monoisotopic (exact) mass is 511 g/mol. The van der Waals surface area contributed by atoms with E-state index in [4.69, 9.17) is 9.47 Å². The molecule has 0 aliphatic carbocycles. The smallest absolute Gasteiger partial charge is 0.252 e. The molecule has 0 radical (unpaired) electrons.